The average molecular weight is 292 g/mol. The van der Waals surface area contributed by atoms with E-state index in [4.69, 9.17) is 4.74 Å². The number of ether oxygens (including phenoxy) is 1. The molecule has 2 N–H and O–H groups in total. The summed E-state index contributed by atoms with van der Waals surface area (Å²) in [5.41, 5.74) is 2.28. The second-order valence-corrected chi connectivity index (χ2v) is 5.44. The van der Waals surface area contributed by atoms with Gasteiger partial charge in [-0.1, -0.05) is 38.0 Å². The Kier molecular flexibility index (Phi) is 7.83. The van der Waals surface area contributed by atoms with Gasteiger partial charge in [0.05, 0.1) is 0 Å². The number of aryl methyl sites for hydroxylation is 1. The van der Waals surface area contributed by atoms with E-state index in [0.29, 0.717) is 0 Å². The van der Waals surface area contributed by atoms with Crippen LogP contribution in [0.4, 0.5) is 0 Å². The van der Waals surface area contributed by atoms with Gasteiger partial charge in [-0.15, -0.1) is 0 Å². The molecule has 1 atom stereocenters. The molecule has 1 aromatic carbocycles. The van der Waals surface area contributed by atoms with Gasteiger partial charge in [-0.2, -0.15) is 0 Å². The summed E-state index contributed by atoms with van der Waals surface area (Å²) >= 11 is 0. The SMILES string of the molecule is CCCC(C)NC(=O)COc1ccc(C)cc1CNCC. The molecule has 4 nitrogen and oxygen atoms in total. The molecule has 21 heavy (non-hydrogen) atoms. The van der Waals surface area contributed by atoms with E-state index in [1.54, 1.807) is 0 Å². The molecule has 4 heteroatoms. The summed E-state index contributed by atoms with van der Waals surface area (Å²) in [6.45, 7) is 9.97. The van der Waals surface area contributed by atoms with Gasteiger partial charge in [0.1, 0.15) is 5.75 Å². The summed E-state index contributed by atoms with van der Waals surface area (Å²) in [4.78, 5) is 11.8. The van der Waals surface area contributed by atoms with E-state index in [-0.39, 0.29) is 18.6 Å². The van der Waals surface area contributed by atoms with Gasteiger partial charge in [0, 0.05) is 18.2 Å². The summed E-state index contributed by atoms with van der Waals surface area (Å²) < 4.78 is 5.68. The first-order valence-electron chi connectivity index (χ1n) is 7.79. The van der Waals surface area contributed by atoms with E-state index < -0.39 is 0 Å². The van der Waals surface area contributed by atoms with E-state index in [1.165, 1.54) is 5.56 Å². The highest BCUT2D eigenvalue weighted by Crippen LogP contribution is 2.19. The zero-order valence-corrected chi connectivity index (χ0v) is 13.7. The lowest BCUT2D eigenvalue weighted by molar-refractivity contribution is -0.123. The van der Waals surface area contributed by atoms with E-state index in [9.17, 15) is 4.79 Å². The fourth-order valence-corrected chi connectivity index (χ4v) is 2.21. The maximum Gasteiger partial charge on any atom is 0.258 e. The highest BCUT2D eigenvalue weighted by Gasteiger charge is 2.09. The average Bonchev–Trinajstić information content (AvgIpc) is 2.44. The topological polar surface area (TPSA) is 50.4 Å². The zero-order valence-electron chi connectivity index (χ0n) is 13.7. The van der Waals surface area contributed by atoms with Crippen molar-refractivity contribution in [2.24, 2.45) is 0 Å². The molecule has 0 bridgehead atoms. The highest BCUT2D eigenvalue weighted by atomic mass is 16.5. The van der Waals surface area contributed by atoms with Crippen molar-refractivity contribution in [3.63, 3.8) is 0 Å². The molecule has 1 aromatic rings. The van der Waals surface area contributed by atoms with Crippen molar-refractivity contribution < 1.29 is 9.53 Å². The van der Waals surface area contributed by atoms with Gasteiger partial charge in [-0.05, 0) is 32.9 Å². The monoisotopic (exact) mass is 292 g/mol. The normalized spacial score (nSPS) is 12.0. The molecular formula is C17H28N2O2. The lowest BCUT2D eigenvalue weighted by Crippen LogP contribution is -2.36. The second-order valence-electron chi connectivity index (χ2n) is 5.44. The van der Waals surface area contributed by atoms with Crippen molar-refractivity contribution in [1.29, 1.82) is 0 Å². The molecule has 0 fully saturated rings. The van der Waals surface area contributed by atoms with Crippen molar-refractivity contribution in [1.82, 2.24) is 10.6 Å². The molecule has 1 rings (SSSR count). The molecule has 0 saturated heterocycles. The first-order chi connectivity index (χ1) is 10.1. The van der Waals surface area contributed by atoms with Gasteiger partial charge in [-0.3, -0.25) is 4.79 Å². The largest absolute Gasteiger partial charge is 0.483 e. The number of rotatable bonds is 9. The number of amides is 1. The van der Waals surface area contributed by atoms with Crippen molar-refractivity contribution in [2.75, 3.05) is 13.2 Å². The summed E-state index contributed by atoms with van der Waals surface area (Å²) in [6.07, 6.45) is 2.05. The molecule has 0 saturated carbocycles. The molecule has 1 unspecified atom stereocenters. The molecule has 0 radical (unpaired) electrons. The van der Waals surface area contributed by atoms with Crippen LogP contribution < -0.4 is 15.4 Å². The quantitative estimate of drug-likeness (QED) is 0.736. The number of hydrogen-bond acceptors (Lipinski definition) is 3. The Hall–Kier alpha value is -1.55. The Bertz CT molecular complexity index is 446. The van der Waals surface area contributed by atoms with Crippen molar-refractivity contribution in [3.8, 4) is 5.75 Å². The Balaban J connectivity index is 2.55. The van der Waals surface area contributed by atoms with Crippen molar-refractivity contribution >= 4 is 5.91 Å². The van der Waals surface area contributed by atoms with Crippen LogP contribution in [0.5, 0.6) is 5.75 Å². The van der Waals surface area contributed by atoms with Crippen LogP contribution >= 0.6 is 0 Å². The highest BCUT2D eigenvalue weighted by molar-refractivity contribution is 5.77. The molecule has 0 aliphatic rings. The van der Waals surface area contributed by atoms with E-state index >= 15 is 0 Å². The zero-order chi connectivity index (χ0) is 15.7. The maximum absolute atomic E-state index is 11.8. The lowest BCUT2D eigenvalue weighted by atomic mass is 10.1. The van der Waals surface area contributed by atoms with Gasteiger partial charge in [0.15, 0.2) is 6.61 Å². The molecule has 0 spiro atoms. The van der Waals surface area contributed by atoms with Crippen molar-refractivity contribution in [2.45, 2.75) is 53.1 Å². The molecule has 0 heterocycles. The number of hydrogen-bond donors (Lipinski definition) is 2. The Morgan fingerprint density at radius 1 is 1.33 bits per heavy atom. The number of carbonyl (C=O) groups excluding carboxylic acids is 1. The third-order valence-corrected chi connectivity index (χ3v) is 3.27. The standard InChI is InChI=1S/C17H28N2O2/c1-5-7-14(4)19-17(20)12-21-16-9-8-13(3)10-15(16)11-18-6-2/h8-10,14,18H,5-7,11-12H2,1-4H3,(H,19,20). The van der Waals surface area contributed by atoms with Crippen molar-refractivity contribution in [3.05, 3.63) is 29.3 Å². The Morgan fingerprint density at radius 3 is 2.76 bits per heavy atom. The first-order valence-corrected chi connectivity index (χ1v) is 7.79. The molecule has 0 aliphatic carbocycles. The fourth-order valence-electron chi connectivity index (χ4n) is 2.21. The van der Waals surface area contributed by atoms with Crippen LogP contribution in [0.1, 0.15) is 44.7 Å². The van der Waals surface area contributed by atoms with Gasteiger partial charge < -0.3 is 15.4 Å². The molecule has 0 aromatic heterocycles. The summed E-state index contributed by atoms with van der Waals surface area (Å²) in [7, 11) is 0. The minimum absolute atomic E-state index is 0.0640. The maximum atomic E-state index is 11.8. The van der Waals surface area contributed by atoms with Gasteiger partial charge in [0.25, 0.3) is 5.91 Å². The van der Waals surface area contributed by atoms with Crippen LogP contribution in [0.15, 0.2) is 18.2 Å². The lowest BCUT2D eigenvalue weighted by Gasteiger charge is -2.15. The Labute approximate surface area is 128 Å². The molecule has 118 valence electrons. The molecular weight excluding hydrogens is 264 g/mol. The van der Waals surface area contributed by atoms with Crippen LogP contribution in [0.25, 0.3) is 0 Å². The minimum atomic E-state index is -0.0640. The van der Waals surface area contributed by atoms with E-state index in [2.05, 4.69) is 37.5 Å². The van der Waals surface area contributed by atoms with Crippen LogP contribution in [-0.2, 0) is 11.3 Å². The van der Waals surface area contributed by atoms with Gasteiger partial charge in [-0.25, -0.2) is 0 Å². The minimum Gasteiger partial charge on any atom is -0.483 e. The molecule has 1 amide bonds. The Morgan fingerprint density at radius 2 is 2.10 bits per heavy atom. The number of carbonyl (C=O) groups is 1. The smallest absolute Gasteiger partial charge is 0.258 e. The predicted octanol–water partition coefficient (Wildman–Crippen LogP) is 2.79. The van der Waals surface area contributed by atoms with Gasteiger partial charge >= 0.3 is 0 Å². The molecule has 0 aliphatic heterocycles. The second kappa shape index (κ2) is 9.40. The summed E-state index contributed by atoms with van der Waals surface area (Å²) in [5, 5.41) is 6.23. The first kappa shape index (κ1) is 17.5. The number of nitrogens with one attached hydrogen (secondary N) is 2. The third kappa shape index (κ3) is 6.63. The van der Waals surface area contributed by atoms with Crippen LogP contribution in [-0.4, -0.2) is 25.1 Å². The van der Waals surface area contributed by atoms with Crippen LogP contribution in [0.3, 0.4) is 0 Å². The predicted molar refractivity (Wildman–Crippen MR) is 86.6 cm³/mol. The van der Waals surface area contributed by atoms with E-state index in [1.807, 2.05) is 19.1 Å². The fraction of sp³-hybridized carbons (Fsp3) is 0.588. The number of benzene rings is 1. The van der Waals surface area contributed by atoms with Crippen LogP contribution in [0.2, 0.25) is 0 Å². The van der Waals surface area contributed by atoms with Gasteiger partial charge in [0.2, 0.25) is 0 Å². The van der Waals surface area contributed by atoms with Crippen LogP contribution in [0, 0.1) is 6.92 Å². The summed E-state index contributed by atoms with van der Waals surface area (Å²) in [6, 6.07) is 6.23. The summed E-state index contributed by atoms with van der Waals surface area (Å²) in [5.74, 6) is 0.714. The van der Waals surface area contributed by atoms with E-state index in [0.717, 1.165) is 37.2 Å². The third-order valence-electron chi connectivity index (χ3n) is 3.27.